The summed E-state index contributed by atoms with van der Waals surface area (Å²) in [5.74, 6) is 0.925. The number of rotatable bonds is 2. The Morgan fingerprint density at radius 1 is 1.04 bits per heavy atom. The van der Waals surface area contributed by atoms with Crippen molar-refractivity contribution in [3.63, 3.8) is 0 Å². The highest BCUT2D eigenvalue weighted by atomic mass is 16.2. The van der Waals surface area contributed by atoms with Crippen LogP contribution in [0.5, 0.6) is 0 Å². The van der Waals surface area contributed by atoms with Crippen LogP contribution >= 0.6 is 0 Å². The molecule has 0 spiro atoms. The zero-order chi connectivity index (χ0) is 17.4. The summed E-state index contributed by atoms with van der Waals surface area (Å²) >= 11 is 0. The van der Waals surface area contributed by atoms with E-state index in [1.165, 1.54) is 0 Å². The smallest absolute Gasteiger partial charge is 0.274 e. The van der Waals surface area contributed by atoms with Crippen molar-refractivity contribution in [2.45, 2.75) is 51.9 Å². The lowest BCUT2D eigenvalue weighted by molar-refractivity contribution is -0.138. The van der Waals surface area contributed by atoms with Gasteiger partial charge in [-0.1, -0.05) is 6.92 Å². The van der Waals surface area contributed by atoms with E-state index < -0.39 is 0 Å². The van der Waals surface area contributed by atoms with Gasteiger partial charge in [-0.15, -0.1) is 0 Å². The Balaban J connectivity index is 1.42. The molecule has 0 aromatic carbocycles. The van der Waals surface area contributed by atoms with Crippen molar-refractivity contribution >= 4 is 11.8 Å². The zero-order valence-electron chi connectivity index (χ0n) is 15.1. The maximum atomic E-state index is 12.9. The van der Waals surface area contributed by atoms with Gasteiger partial charge in [-0.05, 0) is 50.9 Å². The van der Waals surface area contributed by atoms with Gasteiger partial charge in [0.2, 0.25) is 5.91 Å². The van der Waals surface area contributed by atoms with E-state index in [9.17, 15) is 9.59 Å². The topological polar surface area (TPSA) is 69.3 Å². The minimum Gasteiger partial charge on any atom is -0.342 e. The summed E-state index contributed by atoms with van der Waals surface area (Å²) in [5.41, 5.74) is 2.81. The Morgan fingerprint density at radius 2 is 1.84 bits per heavy atom. The van der Waals surface area contributed by atoms with Gasteiger partial charge in [0.25, 0.3) is 5.91 Å². The molecule has 2 amide bonds. The molecule has 2 fully saturated rings. The number of carbonyl (C=O) groups is 2. The summed E-state index contributed by atoms with van der Waals surface area (Å²) in [6.07, 6.45) is 7.02. The zero-order valence-corrected chi connectivity index (χ0v) is 15.1. The normalized spacial score (nSPS) is 24.4. The van der Waals surface area contributed by atoms with E-state index in [4.69, 9.17) is 0 Å². The van der Waals surface area contributed by atoms with Crippen LogP contribution in [0.15, 0.2) is 0 Å². The number of fused-ring (bicyclic) bond motifs is 1. The van der Waals surface area contributed by atoms with Crippen LogP contribution < -0.4 is 0 Å². The van der Waals surface area contributed by atoms with E-state index in [0.717, 1.165) is 81.8 Å². The van der Waals surface area contributed by atoms with E-state index in [2.05, 4.69) is 17.1 Å². The van der Waals surface area contributed by atoms with Crippen LogP contribution in [-0.2, 0) is 17.6 Å². The summed E-state index contributed by atoms with van der Waals surface area (Å²) in [4.78, 5) is 29.7. The maximum Gasteiger partial charge on any atom is 0.274 e. The summed E-state index contributed by atoms with van der Waals surface area (Å²) in [5, 5.41) is 7.29. The lowest BCUT2D eigenvalue weighted by atomic mass is 9.93. The molecular weight excluding hydrogens is 316 g/mol. The van der Waals surface area contributed by atoms with Crippen molar-refractivity contribution in [2.24, 2.45) is 11.8 Å². The molecule has 6 heteroatoms. The molecule has 2 aliphatic heterocycles. The van der Waals surface area contributed by atoms with E-state index in [1.54, 1.807) is 0 Å². The third kappa shape index (κ3) is 3.18. The highest BCUT2D eigenvalue weighted by Crippen LogP contribution is 2.27. The molecule has 1 N–H and O–H groups in total. The average molecular weight is 344 g/mol. The molecular formula is C19H28N4O2. The van der Waals surface area contributed by atoms with Gasteiger partial charge in [0.1, 0.15) is 0 Å². The number of aryl methyl sites for hydroxylation is 1. The minimum atomic E-state index is -0.0434. The molecule has 1 atom stereocenters. The number of hydrogen-bond acceptors (Lipinski definition) is 3. The third-order valence-electron chi connectivity index (χ3n) is 6.16. The van der Waals surface area contributed by atoms with Gasteiger partial charge in [0, 0.05) is 37.4 Å². The maximum absolute atomic E-state index is 12.9. The Labute approximate surface area is 148 Å². The largest absolute Gasteiger partial charge is 0.342 e. The average Bonchev–Trinajstić information content (AvgIpc) is 3.25. The van der Waals surface area contributed by atoms with Crippen molar-refractivity contribution in [3.05, 3.63) is 17.0 Å². The third-order valence-corrected chi connectivity index (χ3v) is 6.16. The molecule has 25 heavy (non-hydrogen) atoms. The molecule has 0 unspecified atom stereocenters. The lowest BCUT2D eigenvalue weighted by Crippen LogP contribution is -2.48. The van der Waals surface area contributed by atoms with Crippen molar-refractivity contribution in [2.75, 3.05) is 26.2 Å². The van der Waals surface area contributed by atoms with E-state index in [0.29, 0.717) is 12.2 Å². The Hall–Kier alpha value is -1.85. The van der Waals surface area contributed by atoms with Gasteiger partial charge in [0.15, 0.2) is 5.69 Å². The first kappa shape index (κ1) is 16.6. The molecule has 0 saturated carbocycles. The second kappa shape index (κ2) is 6.81. The van der Waals surface area contributed by atoms with Crippen LogP contribution in [0.4, 0.5) is 0 Å². The van der Waals surface area contributed by atoms with Crippen molar-refractivity contribution < 1.29 is 9.59 Å². The number of aromatic amines is 1. The molecule has 1 aliphatic carbocycles. The van der Waals surface area contributed by atoms with E-state index in [1.807, 2.05) is 9.80 Å². The molecule has 6 nitrogen and oxygen atoms in total. The molecule has 2 saturated heterocycles. The highest BCUT2D eigenvalue weighted by molar-refractivity contribution is 5.94. The fourth-order valence-corrected chi connectivity index (χ4v) is 4.50. The monoisotopic (exact) mass is 344 g/mol. The molecule has 3 heterocycles. The van der Waals surface area contributed by atoms with Crippen LogP contribution in [0.25, 0.3) is 0 Å². The SMILES string of the molecule is CC1CCN(C(=O)[C@H]2CCCN(C(=O)c3n[nH]c4c3CCC4)C2)CC1. The number of piperidine rings is 2. The second-order valence-corrected chi connectivity index (χ2v) is 7.98. The number of carbonyl (C=O) groups excluding carboxylic acids is 2. The van der Waals surface area contributed by atoms with Gasteiger partial charge in [0.05, 0.1) is 5.92 Å². The molecule has 136 valence electrons. The number of H-pyrrole nitrogens is 1. The summed E-state index contributed by atoms with van der Waals surface area (Å²) < 4.78 is 0. The van der Waals surface area contributed by atoms with Crippen LogP contribution in [0.1, 0.15) is 60.8 Å². The molecule has 4 rings (SSSR count). The summed E-state index contributed by atoms with van der Waals surface area (Å²) in [6.45, 7) is 5.28. The molecule has 1 aromatic rings. The lowest BCUT2D eigenvalue weighted by Gasteiger charge is -2.37. The number of likely N-dealkylation sites (tertiary alicyclic amines) is 2. The number of amides is 2. The van der Waals surface area contributed by atoms with Gasteiger partial charge >= 0.3 is 0 Å². The van der Waals surface area contributed by atoms with Gasteiger partial charge < -0.3 is 9.80 Å². The Kier molecular flexibility index (Phi) is 4.52. The molecule has 1 aromatic heterocycles. The number of aromatic nitrogens is 2. The molecule has 3 aliphatic rings. The highest BCUT2D eigenvalue weighted by Gasteiger charge is 2.34. The number of hydrogen-bond donors (Lipinski definition) is 1. The van der Waals surface area contributed by atoms with Gasteiger partial charge in [-0.25, -0.2) is 0 Å². The predicted octanol–water partition coefficient (Wildman–Crippen LogP) is 2.01. The van der Waals surface area contributed by atoms with Crippen molar-refractivity contribution in [1.82, 2.24) is 20.0 Å². The van der Waals surface area contributed by atoms with Crippen LogP contribution in [0, 0.1) is 11.8 Å². The first-order chi connectivity index (χ1) is 12.1. The number of nitrogens with zero attached hydrogens (tertiary/aromatic N) is 3. The molecule has 0 bridgehead atoms. The Morgan fingerprint density at radius 3 is 2.64 bits per heavy atom. The van der Waals surface area contributed by atoms with Gasteiger partial charge in [-0.2, -0.15) is 5.10 Å². The fraction of sp³-hybridized carbons (Fsp3) is 0.737. The Bertz CT molecular complexity index is 660. The van der Waals surface area contributed by atoms with Gasteiger partial charge in [-0.3, -0.25) is 14.7 Å². The first-order valence-electron chi connectivity index (χ1n) is 9.77. The van der Waals surface area contributed by atoms with Crippen LogP contribution in [0.3, 0.4) is 0 Å². The van der Waals surface area contributed by atoms with E-state index >= 15 is 0 Å². The number of nitrogens with one attached hydrogen (secondary N) is 1. The first-order valence-corrected chi connectivity index (χ1v) is 9.77. The predicted molar refractivity (Wildman–Crippen MR) is 94.2 cm³/mol. The summed E-state index contributed by atoms with van der Waals surface area (Å²) in [6, 6.07) is 0. The molecule has 0 radical (unpaired) electrons. The van der Waals surface area contributed by atoms with Crippen molar-refractivity contribution in [3.8, 4) is 0 Å². The quantitative estimate of drug-likeness (QED) is 0.892. The second-order valence-electron chi connectivity index (χ2n) is 7.98. The fourth-order valence-electron chi connectivity index (χ4n) is 4.50. The van der Waals surface area contributed by atoms with Crippen LogP contribution in [0.2, 0.25) is 0 Å². The van der Waals surface area contributed by atoms with Crippen LogP contribution in [-0.4, -0.2) is 58.0 Å². The minimum absolute atomic E-state index is 0.00386. The summed E-state index contributed by atoms with van der Waals surface area (Å²) in [7, 11) is 0. The van der Waals surface area contributed by atoms with E-state index in [-0.39, 0.29) is 17.7 Å². The van der Waals surface area contributed by atoms with Crippen molar-refractivity contribution in [1.29, 1.82) is 0 Å². The standard InChI is InChI=1S/C19H28N4O2/c1-13-7-10-22(11-8-13)18(24)14-4-3-9-23(12-14)19(25)17-15-5-2-6-16(15)20-21-17/h13-14H,2-12H2,1H3,(H,20,21)/t14-/m0/s1.